The Kier molecular flexibility index (Phi) is 5.10. The van der Waals surface area contributed by atoms with Crippen molar-refractivity contribution in [1.29, 1.82) is 0 Å². The Bertz CT molecular complexity index is 368. The van der Waals surface area contributed by atoms with Crippen LogP contribution in [0.2, 0.25) is 0 Å². The van der Waals surface area contributed by atoms with Gasteiger partial charge >= 0.3 is 0 Å². The van der Waals surface area contributed by atoms with E-state index >= 15 is 0 Å². The molecule has 0 atom stereocenters. The van der Waals surface area contributed by atoms with Gasteiger partial charge in [0.2, 0.25) is 0 Å². The second-order valence-corrected chi connectivity index (χ2v) is 5.60. The minimum absolute atomic E-state index is 0.625. The molecular weight excluding hydrogens is 238 g/mol. The molecule has 0 aromatic carbocycles. The summed E-state index contributed by atoms with van der Waals surface area (Å²) in [4.78, 5) is 4.70. The molecule has 1 fully saturated rings. The number of nitrogens with zero attached hydrogens (tertiary/aromatic N) is 4. The number of hydrogen-bond acceptors (Lipinski definition) is 5. The predicted molar refractivity (Wildman–Crippen MR) is 78.3 cm³/mol. The highest BCUT2D eigenvalue weighted by Gasteiger charge is 2.17. The average molecular weight is 263 g/mol. The summed E-state index contributed by atoms with van der Waals surface area (Å²) in [5, 5.41) is 8.68. The number of anilines is 1. The van der Waals surface area contributed by atoms with E-state index in [9.17, 15) is 0 Å². The molecule has 1 aliphatic rings. The van der Waals surface area contributed by atoms with Crippen LogP contribution in [-0.4, -0.2) is 54.4 Å². The van der Waals surface area contributed by atoms with Crippen molar-refractivity contribution in [3.8, 4) is 0 Å². The lowest BCUT2D eigenvalue weighted by atomic mass is 10.1. The molecule has 0 radical (unpaired) electrons. The fourth-order valence-electron chi connectivity index (χ4n) is 2.43. The van der Waals surface area contributed by atoms with Crippen LogP contribution in [0.5, 0.6) is 0 Å². The van der Waals surface area contributed by atoms with Crippen LogP contribution in [0.4, 0.5) is 5.82 Å². The van der Waals surface area contributed by atoms with Gasteiger partial charge in [-0.25, -0.2) is 0 Å². The molecule has 2 N–H and O–H groups in total. The number of hydrogen-bond donors (Lipinski definition) is 1. The van der Waals surface area contributed by atoms with Crippen molar-refractivity contribution in [2.24, 2.45) is 11.7 Å². The van der Waals surface area contributed by atoms with Crippen LogP contribution in [0, 0.1) is 5.92 Å². The van der Waals surface area contributed by atoms with Gasteiger partial charge in [-0.2, -0.15) is 5.10 Å². The molecule has 1 aliphatic heterocycles. The van der Waals surface area contributed by atoms with E-state index in [2.05, 4.69) is 46.0 Å². The molecule has 0 unspecified atom stereocenters. The van der Waals surface area contributed by atoms with Crippen LogP contribution in [0.15, 0.2) is 12.1 Å². The van der Waals surface area contributed by atoms with Crippen LogP contribution >= 0.6 is 0 Å². The highest BCUT2D eigenvalue weighted by Crippen LogP contribution is 2.13. The van der Waals surface area contributed by atoms with Crippen LogP contribution in [0.3, 0.4) is 0 Å². The lowest BCUT2D eigenvalue weighted by molar-refractivity contribution is 0.264. The summed E-state index contributed by atoms with van der Waals surface area (Å²) < 4.78 is 0. The maximum Gasteiger partial charge on any atom is 0.151 e. The molecule has 5 heteroatoms. The molecule has 19 heavy (non-hydrogen) atoms. The van der Waals surface area contributed by atoms with Crippen LogP contribution in [0.25, 0.3) is 0 Å². The molecule has 1 saturated heterocycles. The van der Waals surface area contributed by atoms with Crippen LogP contribution < -0.4 is 10.6 Å². The zero-order valence-corrected chi connectivity index (χ0v) is 12.0. The highest BCUT2D eigenvalue weighted by atomic mass is 15.3. The van der Waals surface area contributed by atoms with Gasteiger partial charge in [-0.1, -0.05) is 13.8 Å². The third kappa shape index (κ3) is 4.14. The molecule has 0 bridgehead atoms. The Morgan fingerprint density at radius 2 is 1.89 bits per heavy atom. The largest absolute Gasteiger partial charge is 0.353 e. The Morgan fingerprint density at radius 1 is 1.16 bits per heavy atom. The Morgan fingerprint density at radius 3 is 2.42 bits per heavy atom. The lowest BCUT2D eigenvalue weighted by Gasteiger charge is -2.34. The fourth-order valence-corrected chi connectivity index (χ4v) is 2.43. The van der Waals surface area contributed by atoms with Gasteiger partial charge in [-0.05, 0) is 24.5 Å². The van der Waals surface area contributed by atoms with Gasteiger partial charge in [0.1, 0.15) is 0 Å². The molecule has 106 valence electrons. The first-order valence-electron chi connectivity index (χ1n) is 7.19. The zero-order chi connectivity index (χ0) is 13.7. The van der Waals surface area contributed by atoms with Gasteiger partial charge < -0.3 is 10.6 Å². The number of rotatable bonds is 5. The van der Waals surface area contributed by atoms with Crippen molar-refractivity contribution in [3.63, 3.8) is 0 Å². The smallest absolute Gasteiger partial charge is 0.151 e. The summed E-state index contributed by atoms with van der Waals surface area (Å²) in [7, 11) is 0. The van der Waals surface area contributed by atoms with Gasteiger partial charge in [0, 0.05) is 39.3 Å². The zero-order valence-electron chi connectivity index (χ0n) is 12.0. The van der Waals surface area contributed by atoms with E-state index in [0.717, 1.165) is 57.2 Å². The summed E-state index contributed by atoms with van der Waals surface area (Å²) in [6.07, 6.45) is 0.998. The summed E-state index contributed by atoms with van der Waals surface area (Å²) in [5.74, 6) is 1.62. The van der Waals surface area contributed by atoms with Crippen molar-refractivity contribution in [1.82, 2.24) is 15.1 Å². The van der Waals surface area contributed by atoms with Gasteiger partial charge in [0.15, 0.2) is 5.82 Å². The fraction of sp³-hybridized carbons (Fsp3) is 0.714. The maximum absolute atomic E-state index is 5.58. The van der Waals surface area contributed by atoms with Gasteiger partial charge in [0.05, 0.1) is 5.69 Å². The van der Waals surface area contributed by atoms with E-state index in [1.54, 1.807) is 0 Å². The van der Waals surface area contributed by atoms with Gasteiger partial charge in [-0.3, -0.25) is 4.90 Å². The Balaban J connectivity index is 1.89. The molecule has 1 aromatic rings. The van der Waals surface area contributed by atoms with Crippen LogP contribution in [-0.2, 0) is 6.42 Å². The average Bonchev–Trinajstić information content (AvgIpc) is 2.40. The number of aromatic nitrogens is 2. The quantitative estimate of drug-likeness (QED) is 0.850. The number of nitrogens with two attached hydrogens (primary N) is 1. The number of piperazine rings is 1. The first-order valence-corrected chi connectivity index (χ1v) is 7.19. The van der Waals surface area contributed by atoms with Crippen LogP contribution in [0.1, 0.15) is 19.5 Å². The molecule has 0 saturated carbocycles. The predicted octanol–water partition coefficient (Wildman–Crippen LogP) is 0.756. The lowest BCUT2D eigenvalue weighted by Crippen LogP contribution is -2.48. The molecule has 2 rings (SSSR count). The Labute approximate surface area is 115 Å². The van der Waals surface area contributed by atoms with Crippen molar-refractivity contribution in [2.75, 3.05) is 44.2 Å². The summed E-state index contributed by atoms with van der Waals surface area (Å²) in [6.45, 7) is 10.3. The molecule has 0 amide bonds. The summed E-state index contributed by atoms with van der Waals surface area (Å²) in [5.41, 5.74) is 6.67. The molecular formula is C14H25N5. The third-order valence-electron chi connectivity index (χ3n) is 3.46. The second-order valence-electron chi connectivity index (χ2n) is 5.60. The summed E-state index contributed by atoms with van der Waals surface area (Å²) >= 11 is 0. The normalized spacial score (nSPS) is 17.2. The van der Waals surface area contributed by atoms with Crippen molar-refractivity contribution < 1.29 is 0 Å². The molecule has 1 aromatic heterocycles. The molecule has 0 aliphatic carbocycles. The minimum atomic E-state index is 0.625. The highest BCUT2D eigenvalue weighted by molar-refractivity contribution is 5.37. The third-order valence-corrected chi connectivity index (χ3v) is 3.46. The van der Waals surface area contributed by atoms with Crippen molar-refractivity contribution >= 4 is 5.82 Å². The standard InChI is InChI=1S/C14H25N5/c1-12(2)11-13-3-4-14(17-16-13)19-9-7-18(6-5-15)8-10-19/h3-4,12H,5-11,15H2,1-2H3. The van der Waals surface area contributed by atoms with E-state index in [-0.39, 0.29) is 0 Å². The second kappa shape index (κ2) is 6.82. The SMILES string of the molecule is CC(C)Cc1ccc(N2CCN(CCN)CC2)nn1. The summed E-state index contributed by atoms with van der Waals surface area (Å²) in [6, 6.07) is 4.21. The maximum atomic E-state index is 5.58. The first-order chi connectivity index (χ1) is 9.19. The van der Waals surface area contributed by atoms with E-state index < -0.39 is 0 Å². The Hall–Kier alpha value is -1.20. The van der Waals surface area contributed by atoms with Gasteiger partial charge in [0.25, 0.3) is 0 Å². The minimum Gasteiger partial charge on any atom is -0.353 e. The van der Waals surface area contributed by atoms with E-state index in [1.807, 2.05) is 0 Å². The molecule has 0 spiro atoms. The van der Waals surface area contributed by atoms with Crippen molar-refractivity contribution in [3.05, 3.63) is 17.8 Å². The first kappa shape index (κ1) is 14.2. The van der Waals surface area contributed by atoms with Gasteiger partial charge in [-0.15, -0.1) is 5.10 Å². The topological polar surface area (TPSA) is 58.3 Å². The van der Waals surface area contributed by atoms with E-state index in [0.29, 0.717) is 5.92 Å². The van der Waals surface area contributed by atoms with E-state index in [1.165, 1.54) is 0 Å². The molecule has 2 heterocycles. The van der Waals surface area contributed by atoms with Crippen molar-refractivity contribution in [2.45, 2.75) is 20.3 Å². The monoisotopic (exact) mass is 263 g/mol. The van der Waals surface area contributed by atoms with E-state index in [4.69, 9.17) is 5.73 Å². The molecule has 5 nitrogen and oxygen atoms in total.